The van der Waals surface area contributed by atoms with E-state index in [0.717, 1.165) is 33.6 Å². The minimum Gasteiger partial charge on any atom is -0.307 e. The lowest BCUT2D eigenvalue weighted by Crippen LogP contribution is -2.10. The molecule has 0 aliphatic heterocycles. The largest absolute Gasteiger partial charge is 0.307 e. The predicted molar refractivity (Wildman–Crippen MR) is 115 cm³/mol. The SMILES string of the molecule is Cc1cccn2cc(CSc3nnc(-c4ccc(C(C)(C)C)cc4)n3C)nc12. The zero-order valence-electron chi connectivity index (χ0n) is 17.0. The Labute approximate surface area is 169 Å². The lowest BCUT2D eigenvalue weighted by molar-refractivity contribution is 0.590. The monoisotopic (exact) mass is 391 g/mol. The summed E-state index contributed by atoms with van der Waals surface area (Å²) >= 11 is 1.66. The van der Waals surface area contributed by atoms with E-state index < -0.39 is 0 Å². The van der Waals surface area contributed by atoms with Crippen LogP contribution in [0.15, 0.2) is 53.9 Å². The quantitative estimate of drug-likeness (QED) is 0.458. The Morgan fingerprint density at radius 3 is 2.46 bits per heavy atom. The third-order valence-corrected chi connectivity index (χ3v) is 5.97. The zero-order chi connectivity index (χ0) is 19.9. The molecule has 1 aromatic carbocycles. The number of thioether (sulfide) groups is 1. The van der Waals surface area contributed by atoms with Crippen molar-refractivity contribution >= 4 is 17.4 Å². The maximum atomic E-state index is 4.74. The minimum atomic E-state index is 0.145. The molecule has 3 aromatic heterocycles. The number of fused-ring (bicyclic) bond motifs is 1. The van der Waals surface area contributed by atoms with E-state index in [1.165, 1.54) is 11.1 Å². The first kappa shape index (κ1) is 18.7. The lowest BCUT2D eigenvalue weighted by atomic mass is 9.87. The van der Waals surface area contributed by atoms with E-state index in [2.05, 4.69) is 83.4 Å². The van der Waals surface area contributed by atoms with Crippen LogP contribution in [0.5, 0.6) is 0 Å². The normalized spacial score (nSPS) is 12.0. The molecule has 144 valence electrons. The molecule has 0 aliphatic rings. The number of pyridine rings is 1. The molecule has 0 N–H and O–H groups in total. The van der Waals surface area contributed by atoms with Crippen LogP contribution < -0.4 is 0 Å². The van der Waals surface area contributed by atoms with E-state index >= 15 is 0 Å². The molecule has 0 radical (unpaired) electrons. The van der Waals surface area contributed by atoms with Gasteiger partial charge in [0, 0.05) is 30.8 Å². The van der Waals surface area contributed by atoms with Crippen molar-refractivity contribution in [3.63, 3.8) is 0 Å². The summed E-state index contributed by atoms with van der Waals surface area (Å²) in [7, 11) is 2.02. The van der Waals surface area contributed by atoms with E-state index in [1.54, 1.807) is 11.8 Å². The average molecular weight is 392 g/mol. The van der Waals surface area contributed by atoms with Gasteiger partial charge in [0.1, 0.15) is 5.65 Å². The summed E-state index contributed by atoms with van der Waals surface area (Å²) in [6.07, 6.45) is 4.11. The first-order valence-corrected chi connectivity index (χ1v) is 10.4. The molecule has 28 heavy (non-hydrogen) atoms. The molecular weight excluding hydrogens is 366 g/mol. The van der Waals surface area contributed by atoms with Crippen molar-refractivity contribution < 1.29 is 0 Å². The predicted octanol–water partition coefficient (Wildman–Crippen LogP) is 5.03. The van der Waals surface area contributed by atoms with Gasteiger partial charge in [-0.2, -0.15) is 0 Å². The van der Waals surface area contributed by atoms with Gasteiger partial charge in [-0.25, -0.2) is 4.98 Å². The second-order valence-electron chi connectivity index (χ2n) is 8.14. The van der Waals surface area contributed by atoms with E-state index in [9.17, 15) is 0 Å². The molecule has 0 saturated carbocycles. The first-order chi connectivity index (χ1) is 13.3. The second kappa shape index (κ2) is 7.09. The molecule has 0 atom stereocenters. The molecule has 0 saturated heterocycles. The van der Waals surface area contributed by atoms with Crippen molar-refractivity contribution in [3.05, 3.63) is 65.6 Å². The molecule has 0 fully saturated rings. The Kier molecular flexibility index (Phi) is 4.75. The van der Waals surface area contributed by atoms with Gasteiger partial charge in [0.2, 0.25) is 0 Å². The second-order valence-corrected chi connectivity index (χ2v) is 9.08. The molecule has 5 nitrogen and oxygen atoms in total. The fraction of sp³-hybridized carbons (Fsp3) is 0.318. The van der Waals surface area contributed by atoms with Gasteiger partial charge in [-0.15, -0.1) is 10.2 Å². The van der Waals surface area contributed by atoms with Crippen LogP contribution in [-0.4, -0.2) is 24.1 Å². The third kappa shape index (κ3) is 3.56. The maximum absolute atomic E-state index is 4.74. The van der Waals surface area contributed by atoms with Crippen LogP contribution in [-0.2, 0) is 18.2 Å². The maximum Gasteiger partial charge on any atom is 0.191 e. The van der Waals surface area contributed by atoms with E-state index in [0.29, 0.717) is 0 Å². The highest BCUT2D eigenvalue weighted by Crippen LogP contribution is 2.28. The van der Waals surface area contributed by atoms with Crippen molar-refractivity contribution in [2.45, 2.75) is 44.0 Å². The van der Waals surface area contributed by atoms with E-state index in [1.807, 2.05) is 19.3 Å². The van der Waals surface area contributed by atoms with Crippen molar-refractivity contribution in [3.8, 4) is 11.4 Å². The molecule has 0 unspecified atom stereocenters. The summed E-state index contributed by atoms with van der Waals surface area (Å²) < 4.78 is 4.13. The van der Waals surface area contributed by atoms with Gasteiger partial charge >= 0.3 is 0 Å². The molecule has 3 heterocycles. The third-order valence-electron chi connectivity index (χ3n) is 4.92. The molecule has 0 amide bonds. The summed E-state index contributed by atoms with van der Waals surface area (Å²) in [5.41, 5.74) is 5.77. The number of aromatic nitrogens is 5. The van der Waals surface area contributed by atoms with Gasteiger partial charge in [0.25, 0.3) is 0 Å². The molecule has 0 spiro atoms. The molecule has 6 heteroatoms. The van der Waals surface area contributed by atoms with Crippen LogP contribution in [0.3, 0.4) is 0 Å². The van der Waals surface area contributed by atoms with Crippen molar-refractivity contribution in [2.24, 2.45) is 7.05 Å². The summed E-state index contributed by atoms with van der Waals surface area (Å²) in [5.74, 6) is 1.64. The highest BCUT2D eigenvalue weighted by Gasteiger charge is 2.16. The van der Waals surface area contributed by atoms with E-state index in [-0.39, 0.29) is 5.41 Å². The summed E-state index contributed by atoms with van der Waals surface area (Å²) in [6, 6.07) is 12.7. The molecule has 0 bridgehead atoms. The number of nitrogens with zero attached hydrogens (tertiary/aromatic N) is 5. The Bertz CT molecular complexity index is 1120. The van der Waals surface area contributed by atoms with Crippen molar-refractivity contribution in [1.29, 1.82) is 0 Å². The van der Waals surface area contributed by atoms with Crippen LogP contribution in [0.25, 0.3) is 17.0 Å². The number of rotatable bonds is 4. The Hall–Kier alpha value is -2.60. The highest BCUT2D eigenvalue weighted by atomic mass is 32.2. The summed E-state index contributed by atoms with van der Waals surface area (Å²) in [6.45, 7) is 8.75. The van der Waals surface area contributed by atoms with Crippen LogP contribution >= 0.6 is 11.8 Å². The summed E-state index contributed by atoms with van der Waals surface area (Å²) in [4.78, 5) is 4.74. The molecule has 4 rings (SSSR count). The Balaban J connectivity index is 1.52. The van der Waals surface area contributed by atoms with Crippen molar-refractivity contribution in [2.75, 3.05) is 0 Å². The first-order valence-electron chi connectivity index (χ1n) is 9.39. The van der Waals surface area contributed by atoms with Gasteiger partial charge in [-0.05, 0) is 29.5 Å². The lowest BCUT2D eigenvalue weighted by Gasteiger charge is -2.19. The van der Waals surface area contributed by atoms with Gasteiger partial charge in [0.15, 0.2) is 11.0 Å². The van der Waals surface area contributed by atoms with Crippen LogP contribution in [0.4, 0.5) is 0 Å². The summed E-state index contributed by atoms with van der Waals surface area (Å²) in [5, 5.41) is 9.70. The Morgan fingerprint density at radius 1 is 1.04 bits per heavy atom. The van der Waals surface area contributed by atoms with Gasteiger partial charge in [-0.3, -0.25) is 0 Å². The smallest absolute Gasteiger partial charge is 0.191 e. The Morgan fingerprint density at radius 2 is 1.79 bits per heavy atom. The highest BCUT2D eigenvalue weighted by molar-refractivity contribution is 7.98. The number of imidazole rings is 1. The van der Waals surface area contributed by atoms with Gasteiger partial charge in [-0.1, -0.05) is 62.9 Å². The molecule has 0 aliphatic carbocycles. The van der Waals surface area contributed by atoms with Gasteiger partial charge < -0.3 is 8.97 Å². The van der Waals surface area contributed by atoms with Gasteiger partial charge in [0.05, 0.1) is 5.69 Å². The average Bonchev–Trinajstić information content (AvgIpc) is 3.23. The molecule has 4 aromatic rings. The minimum absolute atomic E-state index is 0.145. The number of benzene rings is 1. The van der Waals surface area contributed by atoms with E-state index in [4.69, 9.17) is 4.98 Å². The number of hydrogen-bond acceptors (Lipinski definition) is 4. The standard InChI is InChI=1S/C22H25N5S/c1-15-7-6-12-27-13-18(23-19(15)27)14-28-21-25-24-20(26(21)5)16-8-10-17(11-9-16)22(2,3)4/h6-13H,14H2,1-5H3. The van der Waals surface area contributed by atoms with Crippen molar-refractivity contribution in [1.82, 2.24) is 24.1 Å². The fourth-order valence-corrected chi connectivity index (χ4v) is 4.02. The topological polar surface area (TPSA) is 48.0 Å². The van der Waals surface area contributed by atoms with Crippen LogP contribution in [0.2, 0.25) is 0 Å². The van der Waals surface area contributed by atoms with Crippen LogP contribution in [0.1, 0.15) is 37.6 Å². The number of hydrogen-bond donors (Lipinski definition) is 0. The number of aryl methyl sites for hydroxylation is 1. The molecular formula is C22H25N5S. The van der Waals surface area contributed by atoms with Crippen LogP contribution in [0, 0.1) is 6.92 Å². The zero-order valence-corrected chi connectivity index (χ0v) is 17.8. The fourth-order valence-electron chi connectivity index (χ4n) is 3.22.